The van der Waals surface area contributed by atoms with E-state index in [2.05, 4.69) is 0 Å². The Labute approximate surface area is 83.9 Å². The quantitative estimate of drug-likeness (QED) is 0.689. The zero-order valence-corrected chi connectivity index (χ0v) is 8.86. The smallest absolute Gasteiger partial charge is 0.306 e. The summed E-state index contributed by atoms with van der Waals surface area (Å²) in [6, 6.07) is 0. The van der Waals surface area contributed by atoms with E-state index in [-0.39, 0.29) is 18.3 Å². The van der Waals surface area contributed by atoms with E-state index in [0.29, 0.717) is 6.42 Å². The topological polar surface area (TPSA) is 74.6 Å². The van der Waals surface area contributed by atoms with Gasteiger partial charge >= 0.3 is 11.9 Å². The summed E-state index contributed by atoms with van der Waals surface area (Å²) in [6.07, 6.45) is 0.746. The van der Waals surface area contributed by atoms with Crippen molar-refractivity contribution in [3.63, 3.8) is 0 Å². The minimum Gasteiger partial charge on any atom is -0.481 e. The molecular formula is C10H18O4. The fraction of sp³-hybridized carbons (Fsp3) is 0.800. The summed E-state index contributed by atoms with van der Waals surface area (Å²) in [5.41, 5.74) is 0. The van der Waals surface area contributed by atoms with Gasteiger partial charge in [-0.05, 0) is 18.3 Å². The molecule has 0 aromatic rings. The Morgan fingerprint density at radius 3 is 2.00 bits per heavy atom. The zero-order chi connectivity index (χ0) is 11.3. The molecule has 0 saturated carbocycles. The lowest BCUT2D eigenvalue weighted by atomic mass is 9.86. The summed E-state index contributed by atoms with van der Waals surface area (Å²) < 4.78 is 0. The van der Waals surface area contributed by atoms with Crippen molar-refractivity contribution >= 4 is 11.9 Å². The lowest BCUT2D eigenvalue weighted by molar-refractivity contribution is -0.142. The second-order valence-corrected chi connectivity index (χ2v) is 4.04. The Morgan fingerprint density at radius 1 is 1.14 bits per heavy atom. The molecule has 0 aliphatic rings. The van der Waals surface area contributed by atoms with Crippen molar-refractivity contribution in [2.45, 2.75) is 33.6 Å². The normalized spacial score (nSPS) is 17.1. The van der Waals surface area contributed by atoms with Crippen LogP contribution in [0.1, 0.15) is 33.6 Å². The van der Waals surface area contributed by atoms with Crippen LogP contribution in [0.2, 0.25) is 0 Å². The summed E-state index contributed by atoms with van der Waals surface area (Å²) in [5.74, 6) is -2.01. The molecular weight excluding hydrogens is 184 g/mol. The van der Waals surface area contributed by atoms with Crippen molar-refractivity contribution in [1.82, 2.24) is 0 Å². The largest absolute Gasteiger partial charge is 0.481 e. The van der Waals surface area contributed by atoms with Gasteiger partial charge in [-0.3, -0.25) is 9.59 Å². The van der Waals surface area contributed by atoms with Crippen LogP contribution in [0.15, 0.2) is 0 Å². The summed E-state index contributed by atoms with van der Waals surface area (Å²) in [4.78, 5) is 21.0. The molecule has 0 aliphatic carbocycles. The van der Waals surface area contributed by atoms with Crippen LogP contribution in [-0.2, 0) is 9.59 Å². The summed E-state index contributed by atoms with van der Waals surface area (Å²) in [7, 11) is 0. The first-order valence-corrected chi connectivity index (χ1v) is 4.79. The molecule has 0 saturated heterocycles. The van der Waals surface area contributed by atoms with Crippen LogP contribution in [-0.4, -0.2) is 22.2 Å². The second kappa shape index (κ2) is 5.62. The van der Waals surface area contributed by atoms with E-state index in [1.165, 1.54) is 0 Å². The fourth-order valence-corrected chi connectivity index (χ4v) is 1.46. The minimum absolute atomic E-state index is 0.0156. The number of carboxylic acid groups (broad SMARTS) is 2. The lowest BCUT2D eigenvalue weighted by Crippen LogP contribution is -2.20. The first kappa shape index (κ1) is 12.9. The van der Waals surface area contributed by atoms with Crippen LogP contribution in [0.5, 0.6) is 0 Å². The summed E-state index contributed by atoms with van der Waals surface area (Å²) >= 11 is 0. The maximum absolute atomic E-state index is 10.6. The van der Waals surface area contributed by atoms with Crippen molar-refractivity contribution in [2.75, 3.05) is 0 Å². The molecule has 3 atom stereocenters. The van der Waals surface area contributed by atoms with Gasteiger partial charge in [-0.25, -0.2) is 0 Å². The predicted octanol–water partition coefficient (Wildman–Crippen LogP) is 1.84. The van der Waals surface area contributed by atoms with Gasteiger partial charge in [0, 0.05) is 6.42 Å². The van der Waals surface area contributed by atoms with E-state index in [0.717, 1.165) is 0 Å². The fourth-order valence-electron chi connectivity index (χ4n) is 1.46. The third-order valence-electron chi connectivity index (χ3n) is 2.54. The Bertz CT molecular complexity index is 212. The standard InChI is InChI=1S/C10H18O4/c1-6(5-9(11)12)4-7(2)8(3)10(13)14/h6-8H,4-5H2,1-3H3,(H,11,12)(H,13,14). The molecule has 0 radical (unpaired) electrons. The van der Waals surface area contributed by atoms with Crippen molar-refractivity contribution in [1.29, 1.82) is 0 Å². The number of hydrogen-bond donors (Lipinski definition) is 2. The maximum atomic E-state index is 10.6. The van der Waals surface area contributed by atoms with Crippen molar-refractivity contribution in [3.8, 4) is 0 Å². The van der Waals surface area contributed by atoms with E-state index < -0.39 is 17.9 Å². The number of rotatable bonds is 6. The highest BCUT2D eigenvalue weighted by molar-refractivity contribution is 5.69. The molecule has 0 aliphatic heterocycles. The predicted molar refractivity (Wildman–Crippen MR) is 52.0 cm³/mol. The second-order valence-electron chi connectivity index (χ2n) is 4.04. The summed E-state index contributed by atoms with van der Waals surface area (Å²) in [6.45, 7) is 5.33. The molecule has 0 heterocycles. The number of aliphatic carboxylic acids is 2. The highest BCUT2D eigenvalue weighted by atomic mass is 16.4. The molecule has 82 valence electrons. The van der Waals surface area contributed by atoms with Gasteiger partial charge in [0.1, 0.15) is 0 Å². The van der Waals surface area contributed by atoms with E-state index in [9.17, 15) is 9.59 Å². The molecule has 0 bridgehead atoms. The van der Waals surface area contributed by atoms with Crippen molar-refractivity contribution in [3.05, 3.63) is 0 Å². The monoisotopic (exact) mass is 202 g/mol. The van der Waals surface area contributed by atoms with Crippen LogP contribution in [0.25, 0.3) is 0 Å². The molecule has 0 fully saturated rings. The van der Waals surface area contributed by atoms with Gasteiger partial charge in [-0.2, -0.15) is 0 Å². The molecule has 0 aromatic carbocycles. The third-order valence-corrected chi connectivity index (χ3v) is 2.54. The maximum Gasteiger partial charge on any atom is 0.306 e. The van der Waals surface area contributed by atoms with E-state index in [1.54, 1.807) is 6.92 Å². The Hall–Kier alpha value is -1.06. The van der Waals surface area contributed by atoms with E-state index in [1.807, 2.05) is 13.8 Å². The highest BCUT2D eigenvalue weighted by Gasteiger charge is 2.21. The van der Waals surface area contributed by atoms with E-state index >= 15 is 0 Å². The molecule has 0 amide bonds. The Kier molecular flexibility index (Phi) is 5.20. The van der Waals surface area contributed by atoms with Crippen LogP contribution in [0.4, 0.5) is 0 Å². The lowest BCUT2D eigenvalue weighted by Gasteiger charge is -2.19. The zero-order valence-electron chi connectivity index (χ0n) is 8.86. The SMILES string of the molecule is CC(CC(=O)O)CC(C)C(C)C(=O)O. The first-order chi connectivity index (χ1) is 6.34. The van der Waals surface area contributed by atoms with Gasteiger partial charge in [0.15, 0.2) is 0 Å². The van der Waals surface area contributed by atoms with Crippen LogP contribution >= 0.6 is 0 Å². The average molecular weight is 202 g/mol. The van der Waals surface area contributed by atoms with Gasteiger partial charge in [-0.1, -0.05) is 20.8 Å². The van der Waals surface area contributed by atoms with Crippen molar-refractivity contribution in [2.24, 2.45) is 17.8 Å². The number of hydrogen-bond acceptors (Lipinski definition) is 2. The highest BCUT2D eigenvalue weighted by Crippen LogP contribution is 2.22. The first-order valence-electron chi connectivity index (χ1n) is 4.79. The van der Waals surface area contributed by atoms with Crippen LogP contribution in [0.3, 0.4) is 0 Å². The molecule has 3 unspecified atom stereocenters. The van der Waals surface area contributed by atoms with Gasteiger partial charge in [0.2, 0.25) is 0 Å². The van der Waals surface area contributed by atoms with E-state index in [4.69, 9.17) is 10.2 Å². The van der Waals surface area contributed by atoms with Crippen LogP contribution < -0.4 is 0 Å². The number of carbonyl (C=O) groups is 2. The van der Waals surface area contributed by atoms with Crippen LogP contribution in [0, 0.1) is 17.8 Å². The Balaban J connectivity index is 3.98. The van der Waals surface area contributed by atoms with Gasteiger partial charge in [0.05, 0.1) is 5.92 Å². The third kappa shape index (κ3) is 4.84. The molecule has 0 rings (SSSR count). The molecule has 4 nitrogen and oxygen atoms in total. The van der Waals surface area contributed by atoms with Gasteiger partial charge < -0.3 is 10.2 Å². The number of carboxylic acids is 2. The molecule has 2 N–H and O–H groups in total. The molecule has 0 spiro atoms. The van der Waals surface area contributed by atoms with Gasteiger partial charge in [-0.15, -0.1) is 0 Å². The van der Waals surface area contributed by atoms with Crippen molar-refractivity contribution < 1.29 is 19.8 Å². The molecule has 14 heavy (non-hydrogen) atoms. The minimum atomic E-state index is -0.826. The van der Waals surface area contributed by atoms with Gasteiger partial charge in [0.25, 0.3) is 0 Å². The Morgan fingerprint density at radius 2 is 1.64 bits per heavy atom. The average Bonchev–Trinajstić information content (AvgIpc) is 2.00. The molecule has 0 aromatic heterocycles. The summed E-state index contributed by atoms with van der Waals surface area (Å²) in [5, 5.41) is 17.3. The molecule has 4 heteroatoms.